The molecule has 2 aromatic heterocycles. The van der Waals surface area contributed by atoms with Crippen molar-refractivity contribution in [2.45, 2.75) is 6.54 Å². The van der Waals surface area contributed by atoms with Crippen LogP contribution in [0.1, 0.15) is 11.4 Å². The molecule has 2 heterocycles. The van der Waals surface area contributed by atoms with Crippen molar-refractivity contribution in [1.82, 2.24) is 14.5 Å². The van der Waals surface area contributed by atoms with Gasteiger partial charge in [0.05, 0.1) is 6.61 Å². The number of nitro groups is 1. The van der Waals surface area contributed by atoms with E-state index in [1.807, 2.05) is 0 Å². The quantitative estimate of drug-likeness (QED) is 0.358. The molecule has 0 atom stereocenters. The van der Waals surface area contributed by atoms with Gasteiger partial charge in [0.2, 0.25) is 5.82 Å². The molecule has 0 amide bonds. The molecule has 104 valence electrons. The molecule has 2 rings (SSSR count). The maximum Gasteiger partial charge on any atom is 0.343 e. The van der Waals surface area contributed by atoms with Gasteiger partial charge in [0, 0.05) is 18.0 Å². The van der Waals surface area contributed by atoms with Crippen molar-refractivity contribution in [2.75, 3.05) is 6.61 Å². The van der Waals surface area contributed by atoms with Crippen LogP contribution in [0.4, 0.5) is 5.82 Å². The number of aromatic nitrogens is 3. The van der Waals surface area contributed by atoms with Crippen LogP contribution in [-0.4, -0.2) is 40.2 Å². The summed E-state index contributed by atoms with van der Waals surface area (Å²) in [4.78, 5) is 18.4. The third-order valence-corrected chi connectivity index (χ3v) is 3.14. The molecule has 9 heteroatoms. The molecule has 20 heavy (non-hydrogen) atoms. The fourth-order valence-corrected chi connectivity index (χ4v) is 2.18. The normalized spacial score (nSPS) is 10.2. The Morgan fingerprint density at radius 2 is 2.30 bits per heavy atom. The van der Waals surface area contributed by atoms with Crippen molar-refractivity contribution >= 4 is 21.9 Å². The predicted octanol–water partition coefficient (Wildman–Crippen LogP) is -0.0396. The van der Waals surface area contributed by atoms with Gasteiger partial charge in [0.1, 0.15) is 28.9 Å². The van der Waals surface area contributed by atoms with Gasteiger partial charge in [-0.25, -0.2) is 13.8 Å². The van der Waals surface area contributed by atoms with E-state index >= 15 is 0 Å². The molecular weight excluding hydrogens is 284 g/mol. The van der Waals surface area contributed by atoms with Gasteiger partial charge in [-0.3, -0.25) is 4.98 Å². The molecule has 0 aliphatic rings. The van der Waals surface area contributed by atoms with E-state index in [2.05, 4.69) is 9.97 Å². The molecule has 1 N–H and O–H groups in total. The molecular formula is C11H10N4O4S. The summed E-state index contributed by atoms with van der Waals surface area (Å²) in [6.07, 6.45) is 4.10. The number of pyridine rings is 1. The van der Waals surface area contributed by atoms with Gasteiger partial charge in [-0.1, -0.05) is 6.07 Å². The van der Waals surface area contributed by atoms with Crippen LogP contribution < -0.4 is 0 Å². The number of aliphatic hydroxyl groups excluding tert-OH is 1. The molecule has 0 aromatic carbocycles. The lowest BCUT2D eigenvalue weighted by molar-refractivity contribution is -0.392. The van der Waals surface area contributed by atoms with Gasteiger partial charge in [-0.05, 0) is 11.0 Å². The average Bonchev–Trinajstić information content (AvgIpc) is 2.85. The Labute approximate surface area is 116 Å². The molecule has 0 fully saturated rings. The minimum Gasteiger partial charge on any atom is -0.392 e. The van der Waals surface area contributed by atoms with Gasteiger partial charge in [-0.2, -0.15) is 0 Å². The lowest BCUT2D eigenvalue weighted by Crippen LogP contribution is -2.16. The Balaban J connectivity index is 2.57. The summed E-state index contributed by atoms with van der Waals surface area (Å²) in [5.74, 6) is -0.122. The lowest BCUT2D eigenvalue weighted by atomic mass is 10.2. The van der Waals surface area contributed by atoms with Crippen LogP contribution in [0.25, 0.3) is 0 Å². The summed E-state index contributed by atoms with van der Waals surface area (Å²) >= 11 is 0.180. The van der Waals surface area contributed by atoms with Crippen LogP contribution in [0, 0.1) is 10.1 Å². The summed E-state index contributed by atoms with van der Waals surface area (Å²) in [5.41, 5.74) is 0.521. The fraction of sp³-hybridized carbons (Fsp3) is 0.182. The Kier molecular flexibility index (Phi) is 4.33. The Hall–Kier alpha value is -2.39. The van der Waals surface area contributed by atoms with E-state index < -0.39 is 4.92 Å². The third-order valence-electron chi connectivity index (χ3n) is 2.56. The standard InChI is InChI=1S/C11H10N4O4S/c16-5-4-14-9(15(17)18)7-13-11(14)10(20-19)8-2-1-3-12-6-8/h1-3,6-7,16H,4-5H2. The third kappa shape index (κ3) is 2.63. The summed E-state index contributed by atoms with van der Waals surface area (Å²) in [6.45, 7) is -0.315. The zero-order chi connectivity index (χ0) is 14.5. The molecule has 0 radical (unpaired) electrons. The van der Waals surface area contributed by atoms with E-state index in [1.165, 1.54) is 10.8 Å². The average molecular weight is 294 g/mol. The van der Waals surface area contributed by atoms with Gasteiger partial charge < -0.3 is 15.2 Å². The SMILES string of the molecule is O=S=C(c1cccnc1)c1ncc([N+](=O)[O-])n1CCO. The Bertz CT molecular complexity index is 679. The fourth-order valence-electron chi connectivity index (χ4n) is 1.73. The van der Waals surface area contributed by atoms with Gasteiger partial charge in [0.25, 0.3) is 0 Å². The Morgan fingerprint density at radius 1 is 1.50 bits per heavy atom. The van der Waals surface area contributed by atoms with Gasteiger partial charge in [-0.15, -0.1) is 0 Å². The number of imidazole rings is 1. The lowest BCUT2D eigenvalue weighted by Gasteiger charge is -2.03. The second kappa shape index (κ2) is 6.17. The maximum absolute atomic E-state index is 11.3. The van der Waals surface area contributed by atoms with Crippen LogP contribution in [0.2, 0.25) is 0 Å². The molecule has 0 bridgehead atoms. The molecule has 0 spiro atoms. The highest BCUT2D eigenvalue weighted by Gasteiger charge is 2.24. The van der Waals surface area contributed by atoms with Crippen molar-refractivity contribution in [3.8, 4) is 0 Å². The zero-order valence-corrected chi connectivity index (χ0v) is 11.0. The van der Waals surface area contributed by atoms with E-state index in [4.69, 9.17) is 5.11 Å². The van der Waals surface area contributed by atoms with Crippen molar-refractivity contribution < 1.29 is 14.2 Å². The molecule has 8 nitrogen and oxygen atoms in total. The Morgan fingerprint density at radius 3 is 2.85 bits per heavy atom. The highest BCUT2D eigenvalue weighted by atomic mass is 32.1. The monoisotopic (exact) mass is 294 g/mol. The van der Waals surface area contributed by atoms with E-state index in [9.17, 15) is 14.3 Å². The molecule has 0 aliphatic carbocycles. The summed E-state index contributed by atoms with van der Waals surface area (Å²) in [6, 6.07) is 3.32. The van der Waals surface area contributed by atoms with Crippen molar-refractivity contribution in [3.05, 3.63) is 52.2 Å². The van der Waals surface area contributed by atoms with Crippen LogP contribution in [0.3, 0.4) is 0 Å². The first-order valence-corrected chi connectivity index (χ1v) is 6.31. The van der Waals surface area contributed by atoms with E-state index in [1.54, 1.807) is 18.3 Å². The minimum atomic E-state index is -0.609. The summed E-state index contributed by atoms with van der Waals surface area (Å²) in [5, 5.41) is 19.9. The van der Waals surface area contributed by atoms with Crippen molar-refractivity contribution in [2.24, 2.45) is 0 Å². The smallest absolute Gasteiger partial charge is 0.343 e. The maximum atomic E-state index is 11.3. The number of hydrogen-bond acceptors (Lipinski definition) is 6. The highest BCUT2D eigenvalue weighted by molar-refractivity contribution is 7.67. The largest absolute Gasteiger partial charge is 0.392 e. The topological polar surface area (TPSA) is 111 Å². The highest BCUT2D eigenvalue weighted by Crippen LogP contribution is 2.16. The molecule has 0 unspecified atom stereocenters. The molecule has 0 aliphatic heterocycles. The predicted molar refractivity (Wildman–Crippen MR) is 71.6 cm³/mol. The van der Waals surface area contributed by atoms with Crippen LogP contribution >= 0.6 is 0 Å². The summed E-state index contributed by atoms with van der Waals surface area (Å²) < 4.78 is 12.5. The first kappa shape index (κ1) is 14.0. The van der Waals surface area contributed by atoms with E-state index in [-0.39, 0.29) is 40.9 Å². The second-order valence-electron chi connectivity index (χ2n) is 3.73. The van der Waals surface area contributed by atoms with Crippen molar-refractivity contribution in [1.29, 1.82) is 0 Å². The first-order chi connectivity index (χ1) is 9.69. The van der Waals surface area contributed by atoms with E-state index in [0.717, 1.165) is 6.20 Å². The minimum absolute atomic E-state index is 0.0179. The zero-order valence-electron chi connectivity index (χ0n) is 10.2. The van der Waals surface area contributed by atoms with Crippen molar-refractivity contribution in [3.63, 3.8) is 0 Å². The van der Waals surface area contributed by atoms with Crippen LogP contribution in [0.15, 0.2) is 30.7 Å². The van der Waals surface area contributed by atoms with Crippen LogP contribution in [-0.2, 0) is 17.8 Å². The van der Waals surface area contributed by atoms with E-state index in [0.29, 0.717) is 5.56 Å². The first-order valence-electron chi connectivity index (χ1n) is 5.57. The molecule has 0 saturated carbocycles. The summed E-state index contributed by atoms with van der Waals surface area (Å²) in [7, 11) is 0. The molecule has 2 aromatic rings. The number of hydrogen-bond donors (Lipinski definition) is 1. The van der Waals surface area contributed by atoms with Crippen LogP contribution in [0.5, 0.6) is 0 Å². The second-order valence-corrected chi connectivity index (χ2v) is 4.30. The van der Waals surface area contributed by atoms with Gasteiger partial charge >= 0.3 is 5.82 Å². The van der Waals surface area contributed by atoms with Gasteiger partial charge in [0.15, 0.2) is 0 Å². The number of nitrogens with zero attached hydrogens (tertiary/aromatic N) is 4. The molecule has 0 saturated heterocycles. The number of aliphatic hydroxyl groups is 1. The number of rotatable bonds is 5.